The number of nitrogens with one attached hydrogen (secondary N) is 1. The minimum absolute atomic E-state index is 0. The van der Waals surface area contributed by atoms with Gasteiger partial charge in [0, 0.05) is 56.7 Å². The molecule has 2 aromatic heterocycles. The Labute approximate surface area is 203 Å². The Balaban J connectivity index is -0.000000134. The Hall–Kier alpha value is 0.654. The van der Waals surface area contributed by atoms with Crippen LogP contribution >= 0.6 is 67.2 Å². The van der Waals surface area contributed by atoms with Gasteiger partial charge in [0.05, 0.1) is 0 Å². The standard InChI is InChI=1S/C5H6N2S2.C4H4N2S.C2H6O2S2.CH3I.CH4O.V/c1-8-9-5-6-3-2-4-7-5;7-4-5-2-1-3-6-4;1-5-6(2,3)4;2*1-2;/h2-4H,1H3;1-3H,(H,5,6,7);1-2H3;1H3;2H,1H3;. The summed E-state index contributed by atoms with van der Waals surface area (Å²) in [4.78, 5) is 16.4. The summed E-state index contributed by atoms with van der Waals surface area (Å²) in [5.74, 6) is 0. The molecule has 0 atom stereocenters. The van der Waals surface area contributed by atoms with Crippen molar-refractivity contribution in [2.45, 2.75) is 5.16 Å². The summed E-state index contributed by atoms with van der Waals surface area (Å²) < 4.78 is 20.5. The Morgan fingerprint density at radius 2 is 1.52 bits per heavy atom. The summed E-state index contributed by atoms with van der Waals surface area (Å²) in [7, 11) is 2.32. The van der Waals surface area contributed by atoms with E-state index in [9.17, 15) is 8.42 Å². The van der Waals surface area contributed by atoms with Crippen molar-refractivity contribution < 1.29 is 32.1 Å². The molecule has 155 valence electrons. The maximum absolute atomic E-state index is 9.96. The van der Waals surface area contributed by atoms with Crippen LogP contribution in [0.5, 0.6) is 0 Å². The molecule has 2 rings (SSSR count). The smallest absolute Gasteiger partial charge is 0.198 e. The van der Waals surface area contributed by atoms with Crippen LogP contribution in [0, 0.1) is 4.77 Å². The fourth-order valence-electron chi connectivity index (χ4n) is 0.713. The fourth-order valence-corrected chi connectivity index (χ4v) is 1.90. The molecule has 0 bridgehead atoms. The largest absolute Gasteiger partial charge is 0.400 e. The van der Waals surface area contributed by atoms with E-state index in [-0.39, 0.29) is 18.6 Å². The molecule has 0 spiro atoms. The van der Waals surface area contributed by atoms with E-state index in [0.717, 1.165) is 23.1 Å². The van der Waals surface area contributed by atoms with Gasteiger partial charge in [0.2, 0.25) is 0 Å². The molecule has 0 aromatic carbocycles. The molecule has 0 aliphatic carbocycles. The van der Waals surface area contributed by atoms with Gasteiger partial charge in [-0.2, -0.15) is 0 Å². The Morgan fingerprint density at radius 1 is 1.07 bits per heavy atom. The Kier molecular flexibility index (Phi) is 34.7. The van der Waals surface area contributed by atoms with Crippen molar-refractivity contribution in [3.8, 4) is 0 Å². The Bertz CT molecular complexity index is 663. The van der Waals surface area contributed by atoms with Crippen molar-refractivity contribution >= 4 is 76.1 Å². The SMILES string of the molecule is CI.CO.CSS(C)(=O)=O.CSSc1ncccn1.S=c1nccc[nH]1.[V]. The van der Waals surface area contributed by atoms with Gasteiger partial charge in [-0.25, -0.2) is 23.4 Å². The van der Waals surface area contributed by atoms with Crippen LogP contribution in [0.4, 0.5) is 0 Å². The van der Waals surface area contributed by atoms with Gasteiger partial charge in [0.25, 0.3) is 0 Å². The van der Waals surface area contributed by atoms with Crippen LogP contribution in [0.2, 0.25) is 0 Å². The van der Waals surface area contributed by atoms with Crippen LogP contribution in [0.3, 0.4) is 0 Å². The molecule has 2 heterocycles. The number of aliphatic hydroxyl groups is 1. The zero-order chi connectivity index (χ0) is 20.8. The predicted molar refractivity (Wildman–Crippen MR) is 127 cm³/mol. The van der Waals surface area contributed by atoms with Gasteiger partial charge in [-0.05, 0) is 63.4 Å². The number of nitrogens with zero attached hydrogens (tertiary/aromatic N) is 3. The zero-order valence-corrected chi connectivity index (χ0v) is 23.1. The first-order chi connectivity index (χ1) is 12.4. The normalized spacial score (nSPS) is 8.41. The van der Waals surface area contributed by atoms with E-state index < -0.39 is 8.87 Å². The van der Waals surface area contributed by atoms with Crippen molar-refractivity contribution in [2.24, 2.45) is 0 Å². The van der Waals surface area contributed by atoms with Crippen LogP contribution in [0.15, 0.2) is 42.1 Å². The molecule has 27 heavy (non-hydrogen) atoms. The number of rotatable bonds is 3. The van der Waals surface area contributed by atoms with Gasteiger partial charge in [-0.15, -0.1) is 0 Å². The van der Waals surface area contributed by atoms with E-state index in [1.165, 1.54) is 12.5 Å². The van der Waals surface area contributed by atoms with Gasteiger partial charge >= 0.3 is 0 Å². The number of halogens is 1. The summed E-state index contributed by atoms with van der Waals surface area (Å²) >= 11 is 6.80. The monoisotopic (exact) mass is 621 g/mol. The van der Waals surface area contributed by atoms with Crippen molar-refractivity contribution in [1.29, 1.82) is 0 Å². The first-order valence-electron chi connectivity index (χ1n) is 6.44. The second-order valence-corrected chi connectivity index (χ2v) is 10.5. The summed E-state index contributed by atoms with van der Waals surface area (Å²) in [5.41, 5.74) is 0. The number of aromatic amines is 1. The van der Waals surface area contributed by atoms with E-state index in [4.69, 9.17) is 5.11 Å². The average molecular weight is 622 g/mol. The molecule has 0 fully saturated rings. The van der Waals surface area contributed by atoms with Crippen molar-refractivity contribution in [2.75, 3.05) is 30.8 Å². The van der Waals surface area contributed by atoms with Crippen molar-refractivity contribution in [3.05, 3.63) is 41.7 Å². The molecular formula is C13H23IN4O3S5V. The first kappa shape index (κ1) is 35.1. The molecule has 0 saturated heterocycles. The quantitative estimate of drug-likeness (QED) is 0.172. The van der Waals surface area contributed by atoms with Crippen LogP contribution in [0.1, 0.15) is 0 Å². The molecule has 2 aromatic rings. The van der Waals surface area contributed by atoms with E-state index in [1.807, 2.05) is 17.3 Å². The van der Waals surface area contributed by atoms with Gasteiger partial charge in [-0.3, -0.25) is 0 Å². The molecule has 0 saturated carbocycles. The number of hydrogen-bond acceptors (Lipinski definition) is 10. The summed E-state index contributed by atoms with van der Waals surface area (Å²) in [6.07, 6.45) is 11.6. The predicted octanol–water partition coefficient (Wildman–Crippen LogP) is 3.95. The van der Waals surface area contributed by atoms with Gasteiger partial charge in [0.1, 0.15) is 0 Å². The summed E-state index contributed by atoms with van der Waals surface area (Å²) in [6.45, 7) is 0. The molecule has 0 aliphatic heterocycles. The maximum atomic E-state index is 9.96. The van der Waals surface area contributed by atoms with Crippen molar-refractivity contribution in [3.63, 3.8) is 0 Å². The molecule has 0 unspecified atom stereocenters. The number of hydrogen-bond donors (Lipinski definition) is 2. The average Bonchev–Trinajstić information content (AvgIpc) is 2.67. The van der Waals surface area contributed by atoms with E-state index in [1.54, 1.807) is 52.4 Å². The third kappa shape index (κ3) is 31.6. The van der Waals surface area contributed by atoms with Crippen LogP contribution in [-0.2, 0) is 27.4 Å². The van der Waals surface area contributed by atoms with Gasteiger partial charge < -0.3 is 10.1 Å². The topological polar surface area (TPSA) is 109 Å². The molecule has 0 amide bonds. The number of aromatic nitrogens is 4. The number of aliphatic hydroxyl groups excluding tert-OH is 1. The molecule has 1 radical (unpaired) electrons. The van der Waals surface area contributed by atoms with Gasteiger partial charge in [-0.1, -0.05) is 33.4 Å². The molecule has 0 aliphatic rings. The van der Waals surface area contributed by atoms with Crippen molar-refractivity contribution in [1.82, 2.24) is 19.9 Å². The third-order valence-electron chi connectivity index (χ3n) is 1.58. The molecule has 14 heteroatoms. The van der Waals surface area contributed by atoms with E-state index in [2.05, 4.69) is 54.7 Å². The fraction of sp³-hybridized carbons (Fsp3) is 0.385. The Morgan fingerprint density at radius 3 is 1.78 bits per heavy atom. The van der Waals surface area contributed by atoms with Crippen LogP contribution in [0.25, 0.3) is 0 Å². The minimum Gasteiger partial charge on any atom is -0.400 e. The summed E-state index contributed by atoms with van der Waals surface area (Å²) in [6, 6.07) is 3.60. The van der Waals surface area contributed by atoms with Gasteiger partial charge in [0.15, 0.2) is 18.8 Å². The van der Waals surface area contributed by atoms with Crippen LogP contribution < -0.4 is 0 Å². The molecule has 2 N–H and O–H groups in total. The van der Waals surface area contributed by atoms with E-state index >= 15 is 0 Å². The second kappa shape index (κ2) is 26.7. The molecule has 7 nitrogen and oxygen atoms in total. The first-order valence-corrected chi connectivity index (χ1v) is 15.2. The minimum atomic E-state index is -2.75. The maximum Gasteiger partial charge on any atom is 0.198 e. The zero-order valence-electron chi connectivity index (χ0n) is 15.4. The van der Waals surface area contributed by atoms with Crippen LogP contribution in [-0.4, -0.2) is 64.3 Å². The molecular weight excluding hydrogens is 598 g/mol. The third-order valence-corrected chi connectivity index (χ3v) is 5.70. The number of H-pyrrole nitrogens is 1. The second-order valence-electron chi connectivity index (χ2n) is 3.24. The number of alkyl halides is 1. The van der Waals surface area contributed by atoms with E-state index in [0.29, 0.717) is 4.77 Å². The summed E-state index contributed by atoms with van der Waals surface area (Å²) in [5, 5.41) is 7.82.